The van der Waals surface area contributed by atoms with Crippen molar-refractivity contribution in [3.63, 3.8) is 0 Å². The number of azo groups is 1. The Bertz CT molecular complexity index is 1690. The number of ether oxygens (including phenoxy) is 1. The summed E-state index contributed by atoms with van der Waals surface area (Å²) in [6, 6.07) is 15.6. The lowest BCUT2D eigenvalue weighted by molar-refractivity contribution is 0.102. The van der Waals surface area contributed by atoms with Crippen molar-refractivity contribution < 1.29 is 27.6 Å². The highest BCUT2D eigenvalue weighted by atomic mass is 35.5. The molecule has 0 saturated carbocycles. The highest BCUT2D eigenvalue weighted by Gasteiger charge is 2.22. The van der Waals surface area contributed by atoms with Crippen molar-refractivity contribution >= 4 is 67.1 Å². The van der Waals surface area contributed by atoms with Crippen molar-refractivity contribution in [2.75, 3.05) is 12.4 Å². The van der Waals surface area contributed by atoms with Crippen molar-refractivity contribution in [3.05, 3.63) is 81.8 Å². The molecule has 0 radical (unpaired) electrons. The van der Waals surface area contributed by atoms with Crippen LogP contribution in [0.2, 0.25) is 10.0 Å². The average molecular weight is 560 g/mol. The lowest BCUT2D eigenvalue weighted by Crippen LogP contribution is -2.12. The fraction of sp³-hybridized carbons (Fsp3) is 0.0800. The van der Waals surface area contributed by atoms with Crippen molar-refractivity contribution in [1.82, 2.24) is 0 Å². The van der Waals surface area contributed by atoms with E-state index >= 15 is 0 Å². The van der Waals surface area contributed by atoms with Gasteiger partial charge in [-0.15, -0.1) is 10.2 Å². The third-order valence-electron chi connectivity index (χ3n) is 5.48. The zero-order chi connectivity index (χ0) is 26.9. The van der Waals surface area contributed by atoms with E-state index in [-0.39, 0.29) is 32.5 Å². The monoisotopic (exact) mass is 559 g/mol. The number of anilines is 1. The topological polar surface area (TPSA) is 138 Å². The summed E-state index contributed by atoms with van der Waals surface area (Å²) in [5, 5.41) is 23.1. The van der Waals surface area contributed by atoms with Crippen LogP contribution >= 0.6 is 23.2 Å². The predicted molar refractivity (Wildman–Crippen MR) is 142 cm³/mol. The molecule has 0 bridgehead atoms. The van der Waals surface area contributed by atoms with Gasteiger partial charge in [-0.1, -0.05) is 47.5 Å². The lowest BCUT2D eigenvalue weighted by Gasteiger charge is -2.12. The summed E-state index contributed by atoms with van der Waals surface area (Å²) in [6.45, 7) is 1.41. The second kappa shape index (κ2) is 10.3. The molecule has 0 atom stereocenters. The van der Waals surface area contributed by atoms with Crippen molar-refractivity contribution in [2.24, 2.45) is 10.2 Å². The first-order valence-electron chi connectivity index (χ1n) is 10.6. The van der Waals surface area contributed by atoms with Crippen LogP contribution in [0.5, 0.6) is 11.5 Å². The molecule has 9 nitrogen and oxygen atoms in total. The number of aromatic hydroxyl groups is 1. The standard InChI is InChI=1S/C25H19Cl2N3O6S/c1-13-18(26)8-9-20(24(13)37(33,34)35)29-30-22-16-6-4-3-5-14(16)11-17(23(22)31)25(32)28-15-7-10-21(36-2)19(27)12-15/h3-12,31H,1-2H3,(H,28,32)(H,33,34,35). The molecule has 4 aromatic carbocycles. The first kappa shape index (κ1) is 26.4. The summed E-state index contributed by atoms with van der Waals surface area (Å²) in [4.78, 5) is 12.6. The number of amides is 1. The van der Waals surface area contributed by atoms with Crippen molar-refractivity contribution in [1.29, 1.82) is 0 Å². The molecule has 3 N–H and O–H groups in total. The van der Waals surface area contributed by atoms with Crippen LogP contribution in [0.1, 0.15) is 15.9 Å². The van der Waals surface area contributed by atoms with Gasteiger partial charge < -0.3 is 15.2 Å². The Morgan fingerprint density at radius 1 is 1.00 bits per heavy atom. The number of phenols is 1. The quantitative estimate of drug-likeness (QED) is 0.170. The van der Waals surface area contributed by atoms with E-state index in [0.717, 1.165) is 0 Å². The van der Waals surface area contributed by atoms with Crippen molar-refractivity contribution in [3.8, 4) is 11.5 Å². The number of methoxy groups -OCH3 is 1. The van der Waals surface area contributed by atoms with Gasteiger partial charge in [0, 0.05) is 16.1 Å². The van der Waals surface area contributed by atoms with Gasteiger partial charge in [-0.05, 0) is 54.3 Å². The highest BCUT2D eigenvalue weighted by molar-refractivity contribution is 7.86. The molecule has 0 heterocycles. The van der Waals surface area contributed by atoms with Gasteiger partial charge >= 0.3 is 0 Å². The number of carbonyl (C=O) groups is 1. The molecule has 0 aliphatic heterocycles. The number of hydrogen-bond acceptors (Lipinski definition) is 7. The van der Waals surface area contributed by atoms with Crippen LogP contribution < -0.4 is 10.1 Å². The smallest absolute Gasteiger partial charge is 0.297 e. The summed E-state index contributed by atoms with van der Waals surface area (Å²) < 4.78 is 38.8. The summed E-state index contributed by atoms with van der Waals surface area (Å²) in [5.41, 5.74) is 0.0596. The number of nitrogens with one attached hydrogen (secondary N) is 1. The molecule has 0 fully saturated rings. The number of rotatable bonds is 6. The molecule has 0 aromatic heterocycles. The van der Waals surface area contributed by atoms with Gasteiger partial charge in [-0.2, -0.15) is 8.42 Å². The van der Waals surface area contributed by atoms with Gasteiger partial charge in [0.05, 0.1) is 17.7 Å². The number of carbonyl (C=O) groups excluding carboxylic acids is 1. The minimum absolute atomic E-state index is 0.0788. The van der Waals surface area contributed by atoms with Crippen LogP contribution in [0.25, 0.3) is 10.8 Å². The normalized spacial score (nSPS) is 11.7. The Balaban J connectivity index is 1.82. The molecular weight excluding hydrogens is 541 g/mol. The van der Waals surface area contributed by atoms with Gasteiger partial charge in [0.25, 0.3) is 16.0 Å². The second-order valence-electron chi connectivity index (χ2n) is 7.84. The summed E-state index contributed by atoms with van der Waals surface area (Å²) in [6.07, 6.45) is 0. The molecular formula is C25H19Cl2N3O6S. The number of benzene rings is 4. The van der Waals surface area contributed by atoms with E-state index < -0.39 is 26.7 Å². The highest BCUT2D eigenvalue weighted by Crippen LogP contribution is 2.41. The van der Waals surface area contributed by atoms with Crippen molar-refractivity contribution in [2.45, 2.75) is 11.8 Å². The van der Waals surface area contributed by atoms with Gasteiger partial charge in [-0.25, -0.2) is 0 Å². The van der Waals surface area contributed by atoms with E-state index in [9.17, 15) is 22.9 Å². The molecule has 0 unspecified atom stereocenters. The molecule has 0 spiro atoms. The van der Waals surface area contributed by atoms with Gasteiger partial charge in [0.1, 0.15) is 22.0 Å². The van der Waals surface area contributed by atoms with Gasteiger partial charge in [0.2, 0.25) is 0 Å². The Labute approximate surface area is 222 Å². The SMILES string of the molecule is COc1ccc(NC(=O)c2cc3ccccc3c(N=Nc3ccc(Cl)c(C)c3S(=O)(=O)O)c2O)cc1Cl. The maximum atomic E-state index is 13.1. The molecule has 190 valence electrons. The van der Waals surface area contributed by atoms with E-state index in [1.165, 1.54) is 38.3 Å². The molecule has 0 saturated heterocycles. The minimum Gasteiger partial charge on any atom is -0.505 e. The van der Waals surface area contributed by atoms with Gasteiger partial charge in [-0.3, -0.25) is 9.35 Å². The lowest BCUT2D eigenvalue weighted by atomic mass is 10.0. The van der Waals surface area contributed by atoms with E-state index in [0.29, 0.717) is 22.2 Å². The zero-order valence-corrected chi connectivity index (χ0v) is 21.7. The van der Waals surface area contributed by atoms with Crippen LogP contribution in [0, 0.1) is 6.92 Å². The first-order valence-corrected chi connectivity index (χ1v) is 12.8. The number of fused-ring (bicyclic) bond motifs is 1. The molecule has 1 amide bonds. The van der Waals surface area contributed by atoms with E-state index in [1.807, 2.05) is 0 Å². The fourth-order valence-corrected chi connectivity index (χ4v) is 5.04. The van der Waals surface area contributed by atoms with Crippen LogP contribution in [-0.4, -0.2) is 31.1 Å². The van der Waals surface area contributed by atoms with Crippen LogP contribution in [0.4, 0.5) is 17.1 Å². The van der Waals surface area contributed by atoms with Crippen LogP contribution in [0.15, 0.2) is 75.8 Å². The first-order chi connectivity index (χ1) is 17.5. The maximum Gasteiger partial charge on any atom is 0.297 e. The third-order valence-corrected chi connectivity index (χ3v) is 7.22. The Morgan fingerprint density at radius 2 is 1.73 bits per heavy atom. The maximum absolute atomic E-state index is 13.1. The summed E-state index contributed by atoms with van der Waals surface area (Å²) >= 11 is 12.2. The van der Waals surface area contributed by atoms with E-state index in [4.69, 9.17) is 27.9 Å². The van der Waals surface area contributed by atoms with E-state index in [1.54, 1.807) is 36.4 Å². The predicted octanol–water partition coefficient (Wildman–Crippen LogP) is 7.08. The van der Waals surface area contributed by atoms with Crippen LogP contribution in [-0.2, 0) is 10.1 Å². The largest absolute Gasteiger partial charge is 0.505 e. The number of halogens is 2. The van der Waals surface area contributed by atoms with Crippen LogP contribution in [0.3, 0.4) is 0 Å². The fourth-order valence-electron chi connectivity index (χ4n) is 3.70. The molecule has 4 aromatic rings. The molecule has 37 heavy (non-hydrogen) atoms. The second-order valence-corrected chi connectivity index (χ2v) is 10.0. The number of phenolic OH excluding ortho intramolecular Hbond substituents is 1. The third kappa shape index (κ3) is 5.37. The van der Waals surface area contributed by atoms with Gasteiger partial charge in [0.15, 0.2) is 5.75 Å². The Morgan fingerprint density at radius 3 is 2.41 bits per heavy atom. The summed E-state index contributed by atoms with van der Waals surface area (Å²) in [7, 11) is -3.23. The van der Waals surface area contributed by atoms with E-state index in [2.05, 4.69) is 15.5 Å². The Kier molecular flexibility index (Phi) is 7.37. The minimum atomic E-state index is -4.69. The average Bonchev–Trinajstić information content (AvgIpc) is 2.84. The summed E-state index contributed by atoms with van der Waals surface area (Å²) in [5.74, 6) is -0.710. The zero-order valence-electron chi connectivity index (χ0n) is 19.4. The molecule has 4 rings (SSSR count). The number of nitrogens with zero attached hydrogens (tertiary/aromatic N) is 2. The molecule has 12 heteroatoms. The molecule has 0 aliphatic rings. The molecule has 0 aliphatic carbocycles. The number of hydrogen-bond donors (Lipinski definition) is 3. The Hall–Kier alpha value is -3.70.